The van der Waals surface area contributed by atoms with Gasteiger partial charge in [-0.15, -0.1) is 0 Å². The molecule has 0 aliphatic heterocycles. The molecule has 6 unspecified atom stereocenters. The molecule has 7 rings (SSSR count). The summed E-state index contributed by atoms with van der Waals surface area (Å²) in [5, 5.41) is 26.1. The zero-order valence-corrected chi connectivity index (χ0v) is 40.3. The molecule has 0 saturated heterocycles. The Morgan fingerprint density at radius 3 is 1.29 bits per heavy atom. The molecule has 0 bridgehead atoms. The van der Waals surface area contributed by atoms with Crippen molar-refractivity contribution >= 4 is 23.8 Å². The highest BCUT2D eigenvalue weighted by atomic mass is 16.5. The summed E-state index contributed by atoms with van der Waals surface area (Å²) in [5.41, 5.74) is 0.264. The van der Waals surface area contributed by atoms with E-state index in [4.69, 9.17) is 30.1 Å². The van der Waals surface area contributed by atoms with Crippen LogP contribution in [0.1, 0.15) is 187 Å². The van der Waals surface area contributed by atoms with Crippen LogP contribution in [0.4, 0.5) is 0 Å². The van der Waals surface area contributed by atoms with Crippen LogP contribution in [0.15, 0.2) is 0 Å². The van der Waals surface area contributed by atoms with Gasteiger partial charge in [-0.25, -0.2) is 0 Å². The molecule has 4 N–H and O–H groups in total. The number of aliphatic carboxylic acids is 2. The fraction of sp³-hybridized carbons (Fsp3) is 0.887. The summed E-state index contributed by atoms with van der Waals surface area (Å²) >= 11 is 0. The maximum atomic E-state index is 13.6. The van der Waals surface area contributed by atoms with Gasteiger partial charge in [-0.1, -0.05) is 39.5 Å². The summed E-state index contributed by atoms with van der Waals surface area (Å²) in [6, 6.07) is 0.0864. The first-order valence-electron chi connectivity index (χ1n) is 26.6. The first-order chi connectivity index (χ1) is 31.9. The average molecular weight is 925 g/mol. The number of nitrogens with one attached hydrogen (secondary N) is 2. The molecule has 0 aromatic rings. The number of ether oxygens (including phenoxy) is 5. The molecule has 372 valence electrons. The smallest absolute Gasteiger partial charge is 0.307 e. The van der Waals surface area contributed by atoms with Crippen molar-refractivity contribution in [2.75, 3.05) is 13.2 Å². The van der Waals surface area contributed by atoms with E-state index in [1.807, 2.05) is 0 Å². The van der Waals surface area contributed by atoms with Crippen molar-refractivity contribution in [1.29, 1.82) is 0 Å². The standard InChI is InChI=1S/C53H84N2O11/c1-4-62-43-26-28-45(51(58)59)47(32-43)49(56)54-36-14-22-41(23-15-36)65-39-18-10-34(11-19-39)53(2,3)35-12-20-40(21-13-35)66-42-24-16-37(17-25-42)55-50(57)48-33-44(27-29-46(48)52(60)61)64-31-30-63-38-8-6-5-7-9-38/h1,34-48H,5-33H2,2-3H3,(H,54,56)(H,55,57)(H,58,59)(H,60,61). The Bertz CT molecular complexity index is 1600. The Morgan fingerprint density at radius 2 is 0.864 bits per heavy atom. The van der Waals surface area contributed by atoms with Gasteiger partial charge in [-0.2, -0.15) is 0 Å². The van der Waals surface area contributed by atoms with Crippen LogP contribution in [0.25, 0.3) is 0 Å². The highest BCUT2D eigenvalue weighted by Gasteiger charge is 2.44. The molecule has 2 amide bonds. The number of terminal acetylenes is 1. The lowest BCUT2D eigenvalue weighted by atomic mass is 9.60. The van der Waals surface area contributed by atoms with Crippen molar-refractivity contribution in [2.45, 2.75) is 242 Å². The van der Waals surface area contributed by atoms with Crippen molar-refractivity contribution < 1.29 is 53.1 Å². The summed E-state index contributed by atoms with van der Waals surface area (Å²) < 4.78 is 30.9. The second-order valence-electron chi connectivity index (χ2n) is 22.2. The Kier molecular flexibility index (Phi) is 19.0. The minimum absolute atomic E-state index is 0.0340. The van der Waals surface area contributed by atoms with Crippen LogP contribution < -0.4 is 10.6 Å². The third-order valence-corrected chi connectivity index (χ3v) is 17.8. The lowest BCUT2D eigenvalue weighted by Gasteiger charge is -2.47. The molecule has 6 atom stereocenters. The molecule has 0 heterocycles. The van der Waals surface area contributed by atoms with Gasteiger partial charge in [0.15, 0.2) is 0 Å². The van der Waals surface area contributed by atoms with E-state index in [0.29, 0.717) is 75.8 Å². The van der Waals surface area contributed by atoms with E-state index in [1.165, 1.54) is 44.9 Å². The van der Waals surface area contributed by atoms with Crippen LogP contribution in [0.5, 0.6) is 0 Å². The zero-order chi connectivity index (χ0) is 46.6. The Hall–Kier alpha value is -2.92. The molecule has 0 spiro atoms. The molecule has 7 saturated carbocycles. The predicted octanol–water partition coefficient (Wildman–Crippen LogP) is 8.73. The first kappa shape index (κ1) is 50.9. The van der Waals surface area contributed by atoms with Crippen molar-refractivity contribution in [1.82, 2.24) is 10.6 Å². The lowest BCUT2D eigenvalue weighted by Crippen LogP contribution is -2.48. The van der Waals surface area contributed by atoms with Gasteiger partial charge in [-0.05, 0) is 171 Å². The fourth-order valence-electron chi connectivity index (χ4n) is 13.5. The van der Waals surface area contributed by atoms with Crippen LogP contribution in [0, 0.1) is 53.5 Å². The molecule has 13 nitrogen and oxygen atoms in total. The SMILES string of the molecule is C#COC1CCC(C(=O)O)C(C(=O)NC2CCC(OC3CCC(C(C)(C)C4CCC(OC5CCC(NC(=O)C6CC(OCCOC7CCCCC7)CCC6C(=O)O)CC5)CC4)CC3)CC2)C1. The largest absolute Gasteiger partial charge is 0.481 e. The van der Waals surface area contributed by atoms with Gasteiger partial charge < -0.3 is 44.5 Å². The van der Waals surface area contributed by atoms with Crippen molar-refractivity contribution in [2.24, 2.45) is 40.9 Å². The summed E-state index contributed by atoms with van der Waals surface area (Å²) in [7, 11) is 0. The van der Waals surface area contributed by atoms with Gasteiger partial charge in [0.1, 0.15) is 12.2 Å². The Morgan fingerprint density at radius 1 is 0.485 bits per heavy atom. The van der Waals surface area contributed by atoms with Gasteiger partial charge in [-0.3, -0.25) is 19.2 Å². The van der Waals surface area contributed by atoms with Crippen LogP contribution in [0.3, 0.4) is 0 Å². The van der Waals surface area contributed by atoms with Crippen LogP contribution in [-0.4, -0.2) is 102 Å². The number of amides is 2. The average Bonchev–Trinajstić information content (AvgIpc) is 3.32. The van der Waals surface area contributed by atoms with Gasteiger partial charge in [0.2, 0.25) is 11.8 Å². The second-order valence-corrected chi connectivity index (χ2v) is 22.2. The third kappa shape index (κ3) is 14.1. The van der Waals surface area contributed by atoms with E-state index in [9.17, 15) is 29.4 Å². The minimum Gasteiger partial charge on any atom is -0.481 e. The van der Waals surface area contributed by atoms with E-state index in [0.717, 1.165) is 89.9 Å². The Labute approximate surface area is 395 Å². The Balaban J connectivity index is 0.753. The molecule has 0 aromatic heterocycles. The normalized spacial score (nSPS) is 37.2. The van der Waals surface area contributed by atoms with Gasteiger partial charge >= 0.3 is 11.9 Å². The van der Waals surface area contributed by atoms with E-state index in [2.05, 4.69) is 30.6 Å². The van der Waals surface area contributed by atoms with E-state index >= 15 is 0 Å². The maximum Gasteiger partial charge on any atom is 0.307 e. The van der Waals surface area contributed by atoms with Crippen molar-refractivity contribution in [3.05, 3.63) is 0 Å². The highest BCUT2D eigenvalue weighted by Crippen LogP contribution is 2.49. The molecule has 7 aliphatic rings. The number of carboxylic acids is 2. The summed E-state index contributed by atoms with van der Waals surface area (Å²) in [4.78, 5) is 50.9. The monoisotopic (exact) mass is 925 g/mol. The first-order valence-corrected chi connectivity index (χ1v) is 26.6. The third-order valence-electron chi connectivity index (χ3n) is 17.8. The van der Waals surface area contributed by atoms with E-state index in [1.54, 1.807) is 0 Å². The van der Waals surface area contributed by atoms with Gasteiger partial charge in [0, 0.05) is 12.1 Å². The minimum atomic E-state index is -0.930. The quantitative estimate of drug-likeness (QED) is 0.0763. The second kappa shape index (κ2) is 24.6. The highest BCUT2D eigenvalue weighted by molar-refractivity contribution is 5.86. The van der Waals surface area contributed by atoms with Gasteiger partial charge in [0.25, 0.3) is 0 Å². The van der Waals surface area contributed by atoms with Crippen LogP contribution in [-0.2, 0) is 42.9 Å². The molecular weight excluding hydrogens is 841 g/mol. The van der Waals surface area contributed by atoms with Crippen LogP contribution in [0.2, 0.25) is 0 Å². The predicted molar refractivity (Wildman–Crippen MR) is 249 cm³/mol. The van der Waals surface area contributed by atoms with Crippen molar-refractivity contribution in [3.63, 3.8) is 0 Å². The molecule has 0 aromatic carbocycles. The molecule has 66 heavy (non-hydrogen) atoms. The van der Waals surface area contributed by atoms with Crippen molar-refractivity contribution in [3.8, 4) is 12.5 Å². The summed E-state index contributed by atoms with van der Waals surface area (Å²) in [6.45, 7) is 6.03. The number of hydrogen-bond acceptors (Lipinski definition) is 9. The number of carbonyl (C=O) groups excluding carboxylic acids is 2. The molecule has 13 heteroatoms. The number of rotatable bonds is 18. The van der Waals surface area contributed by atoms with Gasteiger partial charge in [0.05, 0.1) is 73.5 Å². The van der Waals surface area contributed by atoms with E-state index < -0.39 is 35.6 Å². The topological polar surface area (TPSA) is 179 Å². The summed E-state index contributed by atoms with van der Waals surface area (Å²) in [6.07, 6.45) is 33.5. The van der Waals surface area contributed by atoms with Crippen LogP contribution >= 0.6 is 0 Å². The number of carbonyl (C=O) groups is 4. The zero-order valence-electron chi connectivity index (χ0n) is 40.3. The number of hydrogen-bond donors (Lipinski definition) is 4. The molecule has 0 radical (unpaired) electrons. The molecule has 7 aliphatic carbocycles. The summed E-state index contributed by atoms with van der Waals surface area (Å²) in [5.74, 6) is -3.37. The molecular formula is C53H84N2O11. The lowest BCUT2D eigenvalue weighted by molar-refractivity contribution is -0.152. The fourth-order valence-corrected chi connectivity index (χ4v) is 13.5. The maximum absolute atomic E-state index is 13.6. The molecule has 7 fully saturated rings. The van der Waals surface area contributed by atoms with E-state index in [-0.39, 0.29) is 59.8 Å². The number of carboxylic acid groups (broad SMARTS) is 2.